The van der Waals surface area contributed by atoms with Crippen LogP contribution in [0.5, 0.6) is 0 Å². The fourth-order valence-corrected chi connectivity index (χ4v) is 4.18. The lowest BCUT2D eigenvalue weighted by Gasteiger charge is -2.26. The Kier molecular flexibility index (Phi) is 7.93. The molecule has 1 aliphatic heterocycles. The zero-order valence-electron chi connectivity index (χ0n) is 19.4. The molecule has 0 spiro atoms. The van der Waals surface area contributed by atoms with Gasteiger partial charge >= 0.3 is 0 Å². The van der Waals surface area contributed by atoms with Crippen molar-refractivity contribution in [2.75, 3.05) is 5.32 Å². The second kappa shape index (κ2) is 10.9. The van der Waals surface area contributed by atoms with E-state index in [0.717, 1.165) is 11.1 Å². The summed E-state index contributed by atoms with van der Waals surface area (Å²) in [5, 5.41) is 5.70. The van der Waals surface area contributed by atoms with E-state index in [2.05, 4.69) is 22.2 Å². The van der Waals surface area contributed by atoms with E-state index in [1.54, 1.807) is 6.08 Å². The second-order valence-corrected chi connectivity index (χ2v) is 8.77. The van der Waals surface area contributed by atoms with Crippen molar-refractivity contribution in [3.63, 3.8) is 0 Å². The molecule has 3 rings (SSSR count). The van der Waals surface area contributed by atoms with Gasteiger partial charge in [0.25, 0.3) is 5.91 Å². The largest absolute Gasteiger partial charge is 0.326 e. The Hall–Kier alpha value is -3.54. The minimum Gasteiger partial charge on any atom is -0.326 e. The minimum absolute atomic E-state index is 0.0677. The molecule has 2 N–H and O–H groups in total. The summed E-state index contributed by atoms with van der Waals surface area (Å²) in [5.74, 6) is -1.71. The normalized spacial score (nSPS) is 17.2. The van der Waals surface area contributed by atoms with Crippen LogP contribution in [-0.2, 0) is 14.4 Å². The molecule has 33 heavy (non-hydrogen) atoms. The van der Waals surface area contributed by atoms with Crippen LogP contribution in [0.15, 0.2) is 72.2 Å². The molecule has 0 aliphatic carbocycles. The molecule has 2 aromatic carbocycles. The van der Waals surface area contributed by atoms with Gasteiger partial charge in [0.05, 0.1) is 11.4 Å². The van der Waals surface area contributed by atoms with E-state index in [-0.39, 0.29) is 17.6 Å². The molecule has 6 nitrogen and oxygen atoms in total. The number of aliphatic imine (C=N–C) groups is 1. The molecule has 2 amide bonds. The van der Waals surface area contributed by atoms with Crippen LogP contribution in [0.4, 0.5) is 5.69 Å². The molecule has 0 aromatic heterocycles. The van der Waals surface area contributed by atoms with E-state index in [1.807, 2.05) is 68.4 Å². The Labute approximate surface area is 195 Å². The Morgan fingerprint density at radius 3 is 2.39 bits per heavy atom. The number of carbonyl (C=O) groups is 3. The predicted molar refractivity (Wildman–Crippen MR) is 131 cm³/mol. The van der Waals surface area contributed by atoms with Crippen molar-refractivity contribution in [2.45, 2.75) is 39.8 Å². The molecule has 0 radical (unpaired) electrons. The number of hydrogen-bond acceptors (Lipinski definition) is 4. The first-order valence-electron chi connectivity index (χ1n) is 11.3. The first-order chi connectivity index (χ1) is 15.8. The number of nitrogens with zero attached hydrogens (tertiary/aromatic N) is 1. The third-order valence-electron chi connectivity index (χ3n) is 5.76. The van der Waals surface area contributed by atoms with Gasteiger partial charge in [-0.1, -0.05) is 68.5 Å². The van der Waals surface area contributed by atoms with E-state index >= 15 is 0 Å². The number of fused-ring (bicyclic) bond motifs is 1. The third kappa shape index (κ3) is 5.83. The number of anilines is 1. The molecule has 1 unspecified atom stereocenters. The number of allylic oxidation sites excluding steroid dienone is 1. The number of benzodiazepines with no additional fused rings is 1. The second-order valence-electron chi connectivity index (χ2n) is 8.77. The summed E-state index contributed by atoms with van der Waals surface area (Å²) in [6, 6.07) is 17.0. The fraction of sp³-hybridized carbons (Fsp3) is 0.333. The number of benzene rings is 2. The van der Waals surface area contributed by atoms with Crippen LogP contribution < -0.4 is 10.6 Å². The molecule has 172 valence electrons. The monoisotopic (exact) mass is 445 g/mol. The zero-order valence-corrected chi connectivity index (χ0v) is 19.4. The Bertz CT molecular complexity index is 1060. The summed E-state index contributed by atoms with van der Waals surface area (Å²) < 4.78 is 0. The summed E-state index contributed by atoms with van der Waals surface area (Å²) in [4.78, 5) is 43.5. The number of Topliss-reactive ketones (excluding diaryl/α,β-unsaturated/α-hetero) is 1. The molecule has 2 aromatic rings. The highest BCUT2D eigenvalue weighted by Crippen LogP contribution is 2.27. The number of hydrogen-bond donors (Lipinski definition) is 2. The van der Waals surface area contributed by atoms with Crippen LogP contribution in [-0.4, -0.2) is 29.5 Å². The lowest BCUT2D eigenvalue weighted by Crippen LogP contribution is -2.47. The first kappa shape index (κ1) is 24.1. The quantitative estimate of drug-likeness (QED) is 0.562. The average molecular weight is 446 g/mol. The van der Waals surface area contributed by atoms with Gasteiger partial charge in [-0.3, -0.25) is 14.4 Å². The van der Waals surface area contributed by atoms with E-state index in [0.29, 0.717) is 24.2 Å². The van der Waals surface area contributed by atoms with Gasteiger partial charge in [-0.2, -0.15) is 0 Å². The Morgan fingerprint density at radius 1 is 1.09 bits per heavy atom. The van der Waals surface area contributed by atoms with Gasteiger partial charge in [0, 0.05) is 23.0 Å². The van der Waals surface area contributed by atoms with Crippen molar-refractivity contribution in [1.29, 1.82) is 0 Å². The molecular formula is C27H31N3O3. The maximum absolute atomic E-state index is 13.4. The van der Waals surface area contributed by atoms with E-state index < -0.39 is 23.9 Å². The molecule has 1 heterocycles. The van der Waals surface area contributed by atoms with Crippen LogP contribution >= 0.6 is 0 Å². The Morgan fingerprint density at radius 2 is 1.76 bits per heavy atom. The van der Waals surface area contributed by atoms with Crippen LogP contribution in [0.25, 0.3) is 0 Å². The lowest BCUT2D eigenvalue weighted by atomic mass is 9.80. The van der Waals surface area contributed by atoms with E-state index in [1.165, 1.54) is 6.92 Å². The van der Waals surface area contributed by atoms with Crippen molar-refractivity contribution >= 4 is 29.0 Å². The SMILES string of the molecule is C=CC[C@H](C(C)=O)[C@@H](CC(C)C)C(=O)NC1N=C(c2ccccc2)c2ccccc2NC1=O. The van der Waals surface area contributed by atoms with Gasteiger partial charge in [0.15, 0.2) is 0 Å². The molecule has 6 heteroatoms. The van der Waals surface area contributed by atoms with Crippen molar-refractivity contribution in [3.05, 3.63) is 78.4 Å². The predicted octanol–water partition coefficient (Wildman–Crippen LogP) is 4.36. The molecule has 3 atom stereocenters. The zero-order chi connectivity index (χ0) is 24.0. The van der Waals surface area contributed by atoms with Crippen molar-refractivity contribution < 1.29 is 14.4 Å². The molecule has 0 bridgehead atoms. The highest BCUT2D eigenvalue weighted by molar-refractivity contribution is 6.19. The molecule has 0 saturated heterocycles. The molecular weight excluding hydrogens is 414 g/mol. The van der Waals surface area contributed by atoms with Gasteiger partial charge in [-0.05, 0) is 31.7 Å². The summed E-state index contributed by atoms with van der Waals surface area (Å²) in [6.45, 7) is 9.25. The van der Waals surface area contributed by atoms with Gasteiger partial charge in [-0.15, -0.1) is 6.58 Å². The van der Waals surface area contributed by atoms with Gasteiger partial charge in [0.2, 0.25) is 12.1 Å². The number of ketones is 1. The van der Waals surface area contributed by atoms with Crippen LogP contribution in [0.3, 0.4) is 0 Å². The number of para-hydroxylation sites is 1. The van der Waals surface area contributed by atoms with Gasteiger partial charge in [0.1, 0.15) is 5.78 Å². The summed E-state index contributed by atoms with van der Waals surface area (Å²) in [5.41, 5.74) is 2.87. The number of carbonyl (C=O) groups excluding carboxylic acids is 3. The first-order valence-corrected chi connectivity index (χ1v) is 11.3. The van der Waals surface area contributed by atoms with Crippen molar-refractivity contribution in [1.82, 2.24) is 5.32 Å². The molecule has 1 aliphatic rings. The van der Waals surface area contributed by atoms with Crippen LogP contribution in [0.2, 0.25) is 0 Å². The van der Waals surface area contributed by atoms with Gasteiger partial charge < -0.3 is 10.6 Å². The van der Waals surface area contributed by atoms with E-state index in [9.17, 15) is 14.4 Å². The molecule has 0 saturated carbocycles. The fourth-order valence-electron chi connectivity index (χ4n) is 4.18. The highest BCUT2D eigenvalue weighted by Gasteiger charge is 2.34. The maximum Gasteiger partial charge on any atom is 0.269 e. The maximum atomic E-state index is 13.4. The average Bonchev–Trinajstić information content (AvgIpc) is 2.92. The number of nitrogens with one attached hydrogen (secondary N) is 2. The van der Waals surface area contributed by atoms with Gasteiger partial charge in [-0.25, -0.2) is 4.99 Å². The van der Waals surface area contributed by atoms with Crippen molar-refractivity contribution in [3.8, 4) is 0 Å². The Balaban J connectivity index is 1.98. The number of amides is 2. The summed E-state index contributed by atoms with van der Waals surface area (Å²) in [6.07, 6.45) is 1.47. The minimum atomic E-state index is -1.12. The molecule has 0 fully saturated rings. The smallest absolute Gasteiger partial charge is 0.269 e. The summed E-state index contributed by atoms with van der Waals surface area (Å²) >= 11 is 0. The third-order valence-corrected chi connectivity index (χ3v) is 5.76. The van der Waals surface area contributed by atoms with Crippen LogP contribution in [0, 0.1) is 17.8 Å². The topological polar surface area (TPSA) is 87.6 Å². The van der Waals surface area contributed by atoms with Crippen LogP contribution in [0.1, 0.15) is 44.7 Å². The summed E-state index contributed by atoms with van der Waals surface area (Å²) in [7, 11) is 0. The number of rotatable bonds is 9. The van der Waals surface area contributed by atoms with Crippen molar-refractivity contribution in [2.24, 2.45) is 22.7 Å². The highest BCUT2D eigenvalue weighted by atomic mass is 16.2. The lowest BCUT2D eigenvalue weighted by molar-refractivity contribution is -0.135. The standard InChI is InChI=1S/C27H31N3O3/c1-5-11-20(18(4)31)22(16-17(2)3)26(32)30-25-27(33)28-23-15-10-9-14-21(23)24(29-25)19-12-7-6-8-13-19/h5-10,12-15,17,20,22,25H,1,11,16H2,2-4H3,(H,28,33)(H,30,32)/t20-,22-,25?/m1/s1. The van der Waals surface area contributed by atoms with E-state index in [4.69, 9.17) is 0 Å².